The molecular weight excluding hydrogens is 319 g/mol. The summed E-state index contributed by atoms with van der Waals surface area (Å²) < 4.78 is 13.9. The Morgan fingerprint density at radius 1 is 1.25 bits per heavy atom. The molecule has 1 heterocycles. The molecule has 0 saturated heterocycles. The van der Waals surface area contributed by atoms with Gasteiger partial charge in [-0.1, -0.05) is 24.3 Å². The van der Waals surface area contributed by atoms with E-state index in [-0.39, 0.29) is 11.9 Å². The molecule has 0 bridgehead atoms. The minimum absolute atomic E-state index is 0.0792. The van der Waals surface area contributed by atoms with Crippen LogP contribution in [-0.4, -0.2) is 13.1 Å². The first-order chi connectivity index (χ1) is 9.70. The van der Waals surface area contributed by atoms with E-state index in [0.717, 1.165) is 18.5 Å². The molecule has 20 heavy (non-hydrogen) atoms. The maximum absolute atomic E-state index is 13.4. The number of para-hydroxylation sites is 1. The second-order valence-corrected chi connectivity index (χ2v) is 5.85. The summed E-state index contributed by atoms with van der Waals surface area (Å²) in [5.74, 6) is -0.244. The van der Waals surface area contributed by atoms with Gasteiger partial charge < -0.3 is 10.6 Å². The molecule has 2 nitrogen and oxygen atoms in total. The van der Waals surface area contributed by atoms with Crippen molar-refractivity contribution in [3.05, 3.63) is 63.9 Å². The third kappa shape index (κ3) is 2.34. The van der Waals surface area contributed by atoms with E-state index in [4.69, 9.17) is 5.73 Å². The van der Waals surface area contributed by atoms with Gasteiger partial charge in [0.05, 0.1) is 10.5 Å². The highest BCUT2D eigenvalue weighted by atomic mass is 79.9. The van der Waals surface area contributed by atoms with Crippen molar-refractivity contribution < 1.29 is 4.39 Å². The molecule has 1 aliphatic heterocycles. The Bertz CT molecular complexity index is 630. The van der Waals surface area contributed by atoms with Crippen molar-refractivity contribution in [2.45, 2.75) is 12.5 Å². The van der Waals surface area contributed by atoms with Crippen LogP contribution in [-0.2, 0) is 6.42 Å². The molecule has 0 aliphatic carbocycles. The van der Waals surface area contributed by atoms with Gasteiger partial charge in [0.15, 0.2) is 0 Å². The van der Waals surface area contributed by atoms with Crippen molar-refractivity contribution in [1.82, 2.24) is 0 Å². The number of halogens is 2. The summed E-state index contributed by atoms with van der Waals surface area (Å²) in [5.41, 5.74) is 9.61. The van der Waals surface area contributed by atoms with E-state index in [1.54, 1.807) is 0 Å². The highest BCUT2D eigenvalue weighted by molar-refractivity contribution is 9.10. The normalized spacial score (nSPS) is 15.2. The minimum Gasteiger partial charge on any atom is -0.363 e. The lowest BCUT2D eigenvalue weighted by Gasteiger charge is -2.30. The van der Waals surface area contributed by atoms with Crippen LogP contribution in [0, 0.1) is 5.82 Å². The molecular formula is C16H16BrFN2. The fourth-order valence-corrected chi connectivity index (χ4v) is 3.25. The molecule has 1 aliphatic rings. The van der Waals surface area contributed by atoms with Crippen LogP contribution in [0.5, 0.6) is 0 Å². The number of hydrogen-bond donors (Lipinski definition) is 1. The molecule has 0 fully saturated rings. The predicted octanol–water partition coefficient (Wildman–Crippen LogP) is 3.65. The van der Waals surface area contributed by atoms with Gasteiger partial charge in [0.1, 0.15) is 5.82 Å². The van der Waals surface area contributed by atoms with Gasteiger partial charge in [0, 0.05) is 18.8 Å². The topological polar surface area (TPSA) is 29.3 Å². The molecule has 2 N–H and O–H groups in total. The number of hydrogen-bond acceptors (Lipinski definition) is 2. The predicted molar refractivity (Wildman–Crippen MR) is 83.4 cm³/mol. The molecule has 0 radical (unpaired) electrons. The fraction of sp³-hybridized carbons (Fsp3) is 0.250. The zero-order chi connectivity index (χ0) is 14.1. The van der Waals surface area contributed by atoms with Gasteiger partial charge in [0.25, 0.3) is 0 Å². The Balaban J connectivity index is 1.97. The molecule has 2 aromatic carbocycles. The first kappa shape index (κ1) is 13.6. The zero-order valence-electron chi connectivity index (χ0n) is 11.0. The summed E-state index contributed by atoms with van der Waals surface area (Å²) in [6.45, 7) is 1.46. The standard InChI is InChI=1S/C16H16BrFN2/c17-13-9-12(5-6-14(13)18)16(10-19)20-8-7-11-3-1-2-4-15(11)20/h1-6,9,16H,7-8,10,19H2. The first-order valence-electron chi connectivity index (χ1n) is 6.70. The smallest absolute Gasteiger partial charge is 0.137 e. The van der Waals surface area contributed by atoms with Crippen LogP contribution in [0.3, 0.4) is 0 Å². The second kappa shape index (κ2) is 5.54. The van der Waals surface area contributed by atoms with Gasteiger partial charge in [-0.3, -0.25) is 0 Å². The highest BCUT2D eigenvalue weighted by Crippen LogP contribution is 2.35. The third-order valence-electron chi connectivity index (χ3n) is 3.85. The lowest BCUT2D eigenvalue weighted by Crippen LogP contribution is -2.32. The van der Waals surface area contributed by atoms with Crippen LogP contribution in [0.25, 0.3) is 0 Å². The van der Waals surface area contributed by atoms with Crippen LogP contribution in [0.15, 0.2) is 46.9 Å². The van der Waals surface area contributed by atoms with E-state index >= 15 is 0 Å². The van der Waals surface area contributed by atoms with E-state index < -0.39 is 0 Å². The van der Waals surface area contributed by atoms with Crippen molar-refractivity contribution in [3.8, 4) is 0 Å². The van der Waals surface area contributed by atoms with Crippen LogP contribution >= 0.6 is 15.9 Å². The molecule has 0 spiro atoms. The van der Waals surface area contributed by atoms with Gasteiger partial charge in [-0.25, -0.2) is 4.39 Å². The molecule has 1 unspecified atom stereocenters. The number of rotatable bonds is 3. The molecule has 4 heteroatoms. The van der Waals surface area contributed by atoms with E-state index in [0.29, 0.717) is 11.0 Å². The average Bonchev–Trinajstić information content (AvgIpc) is 2.88. The van der Waals surface area contributed by atoms with Crippen molar-refractivity contribution in [2.75, 3.05) is 18.0 Å². The van der Waals surface area contributed by atoms with Crippen molar-refractivity contribution >= 4 is 21.6 Å². The molecule has 0 amide bonds. The van der Waals surface area contributed by atoms with Crippen molar-refractivity contribution in [2.24, 2.45) is 5.73 Å². The SMILES string of the molecule is NCC(c1ccc(F)c(Br)c1)N1CCc2ccccc21. The monoisotopic (exact) mass is 334 g/mol. The van der Waals surface area contributed by atoms with Crippen LogP contribution < -0.4 is 10.6 Å². The Hall–Kier alpha value is -1.39. The summed E-state index contributed by atoms with van der Waals surface area (Å²) in [6.07, 6.45) is 1.04. The van der Waals surface area contributed by atoms with Crippen molar-refractivity contribution in [1.29, 1.82) is 0 Å². The maximum atomic E-state index is 13.4. The fourth-order valence-electron chi connectivity index (χ4n) is 2.85. The summed E-state index contributed by atoms with van der Waals surface area (Å²) in [7, 11) is 0. The molecule has 104 valence electrons. The molecule has 0 saturated carbocycles. The lowest BCUT2D eigenvalue weighted by atomic mass is 10.0. The van der Waals surface area contributed by atoms with Gasteiger partial charge >= 0.3 is 0 Å². The number of nitrogens with zero attached hydrogens (tertiary/aromatic N) is 1. The number of nitrogens with two attached hydrogens (primary N) is 1. The number of benzene rings is 2. The summed E-state index contributed by atoms with van der Waals surface area (Å²) in [6, 6.07) is 13.6. The van der Waals surface area contributed by atoms with E-state index in [1.807, 2.05) is 18.2 Å². The van der Waals surface area contributed by atoms with Gasteiger partial charge in [-0.15, -0.1) is 0 Å². The third-order valence-corrected chi connectivity index (χ3v) is 4.46. The number of anilines is 1. The van der Waals surface area contributed by atoms with E-state index in [1.165, 1.54) is 17.3 Å². The second-order valence-electron chi connectivity index (χ2n) is 5.00. The van der Waals surface area contributed by atoms with Crippen LogP contribution in [0.1, 0.15) is 17.2 Å². The summed E-state index contributed by atoms with van der Waals surface area (Å²) in [4.78, 5) is 2.31. The lowest BCUT2D eigenvalue weighted by molar-refractivity contribution is 0.612. The van der Waals surface area contributed by atoms with Crippen LogP contribution in [0.2, 0.25) is 0 Å². The Kier molecular flexibility index (Phi) is 3.76. The van der Waals surface area contributed by atoms with Gasteiger partial charge in [-0.05, 0) is 51.7 Å². The largest absolute Gasteiger partial charge is 0.363 e. The van der Waals surface area contributed by atoms with E-state index in [2.05, 4.69) is 39.0 Å². The summed E-state index contributed by atoms with van der Waals surface area (Å²) >= 11 is 3.25. The quantitative estimate of drug-likeness (QED) is 0.928. The van der Waals surface area contributed by atoms with E-state index in [9.17, 15) is 4.39 Å². The Morgan fingerprint density at radius 2 is 2.05 bits per heavy atom. The first-order valence-corrected chi connectivity index (χ1v) is 7.49. The maximum Gasteiger partial charge on any atom is 0.137 e. The molecule has 2 aromatic rings. The number of fused-ring (bicyclic) bond motifs is 1. The van der Waals surface area contributed by atoms with Crippen molar-refractivity contribution in [3.63, 3.8) is 0 Å². The highest BCUT2D eigenvalue weighted by Gasteiger charge is 2.26. The summed E-state index contributed by atoms with van der Waals surface area (Å²) in [5, 5.41) is 0. The van der Waals surface area contributed by atoms with Crippen LogP contribution in [0.4, 0.5) is 10.1 Å². The Labute approximate surface area is 126 Å². The minimum atomic E-state index is -0.244. The zero-order valence-corrected chi connectivity index (χ0v) is 12.6. The molecule has 1 atom stereocenters. The Morgan fingerprint density at radius 3 is 2.80 bits per heavy atom. The average molecular weight is 335 g/mol. The molecule has 0 aromatic heterocycles. The molecule has 3 rings (SSSR count). The van der Waals surface area contributed by atoms with Gasteiger partial charge in [0.2, 0.25) is 0 Å². The van der Waals surface area contributed by atoms with Gasteiger partial charge in [-0.2, -0.15) is 0 Å².